The van der Waals surface area contributed by atoms with Gasteiger partial charge in [0.25, 0.3) is 0 Å². The second-order valence-electron chi connectivity index (χ2n) is 10.3. The van der Waals surface area contributed by atoms with Gasteiger partial charge in [-0.05, 0) is 78.0 Å². The van der Waals surface area contributed by atoms with Gasteiger partial charge in [-0.25, -0.2) is 0 Å². The Morgan fingerprint density at radius 2 is 1.53 bits per heavy atom. The van der Waals surface area contributed by atoms with E-state index in [1.54, 1.807) is 0 Å². The Labute approximate surface area is 191 Å². The normalized spacial score (nSPS) is 16.3. The van der Waals surface area contributed by atoms with E-state index >= 15 is 0 Å². The van der Waals surface area contributed by atoms with Crippen molar-refractivity contribution in [1.29, 1.82) is 5.26 Å². The van der Waals surface area contributed by atoms with Gasteiger partial charge in [-0.15, -0.1) is 0 Å². The van der Waals surface area contributed by atoms with Crippen molar-refractivity contribution in [3.8, 4) is 17.3 Å². The smallest absolute Gasteiger partial charge is 0.194 e. The molecule has 0 bridgehead atoms. The number of hydrogen-bond acceptors (Lipinski definition) is 1. The van der Waals surface area contributed by atoms with Crippen molar-refractivity contribution in [3.05, 3.63) is 77.4 Å². The first-order valence-corrected chi connectivity index (χ1v) is 11.7. The molecular weight excluding hydrogens is 388 g/mol. The topological polar surface area (TPSA) is 27.7 Å². The summed E-state index contributed by atoms with van der Waals surface area (Å²) >= 11 is 0. The Bertz CT molecular complexity index is 1380. The Morgan fingerprint density at radius 1 is 0.906 bits per heavy atom. The first kappa shape index (κ1) is 20.7. The van der Waals surface area contributed by atoms with E-state index in [-0.39, 0.29) is 0 Å². The van der Waals surface area contributed by atoms with Crippen molar-refractivity contribution in [1.82, 2.24) is 0 Å². The van der Waals surface area contributed by atoms with Crippen LogP contribution in [0.25, 0.3) is 32.9 Å². The number of benzene rings is 3. The first-order chi connectivity index (χ1) is 15.4. The van der Waals surface area contributed by atoms with E-state index < -0.39 is 0 Å². The van der Waals surface area contributed by atoms with Gasteiger partial charge in [-0.2, -0.15) is 9.83 Å². The first-order valence-electron chi connectivity index (χ1n) is 11.7. The molecule has 0 spiro atoms. The van der Waals surface area contributed by atoms with Crippen molar-refractivity contribution < 1.29 is 4.57 Å². The number of nitriles is 1. The van der Waals surface area contributed by atoms with Gasteiger partial charge in [0, 0.05) is 17.5 Å². The lowest BCUT2D eigenvalue weighted by molar-refractivity contribution is -0.633. The molecule has 1 aromatic heterocycles. The maximum absolute atomic E-state index is 9.89. The fraction of sp³-hybridized carbons (Fsp3) is 0.333. The summed E-state index contributed by atoms with van der Waals surface area (Å²) in [6.45, 7) is 7.00. The maximum atomic E-state index is 9.89. The fourth-order valence-corrected chi connectivity index (χ4v) is 5.65. The quantitative estimate of drug-likeness (QED) is 0.312. The Morgan fingerprint density at radius 3 is 2.22 bits per heavy atom. The molecule has 1 aliphatic rings. The van der Waals surface area contributed by atoms with Crippen LogP contribution in [0.2, 0.25) is 0 Å². The molecule has 0 aliphatic heterocycles. The molecule has 5 rings (SSSR count). The van der Waals surface area contributed by atoms with E-state index in [0.717, 1.165) is 21.9 Å². The number of hydrogen-bond donors (Lipinski definition) is 0. The SMILES string of the molecule is Cc1c(-c2cc(C3CCC(C)(C)CC3)c3ccccc3[n+]2C)cc(C#N)c2ccccc12. The Balaban J connectivity index is 1.77. The van der Waals surface area contributed by atoms with Gasteiger partial charge >= 0.3 is 0 Å². The van der Waals surface area contributed by atoms with Crippen LogP contribution in [-0.4, -0.2) is 0 Å². The molecule has 0 radical (unpaired) electrons. The molecule has 3 aromatic carbocycles. The highest BCUT2D eigenvalue weighted by Gasteiger charge is 2.31. The van der Waals surface area contributed by atoms with Crippen molar-refractivity contribution in [2.24, 2.45) is 12.5 Å². The monoisotopic (exact) mass is 419 g/mol. The van der Waals surface area contributed by atoms with Crippen LogP contribution in [0, 0.1) is 23.7 Å². The summed E-state index contributed by atoms with van der Waals surface area (Å²) in [5.41, 5.74) is 7.52. The number of fused-ring (bicyclic) bond motifs is 2. The van der Waals surface area contributed by atoms with Crippen molar-refractivity contribution in [3.63, 3.8) is 0 Å². The van der Waals surface area contributed by atoms with E-state index in [1.165, 1.54) is 53.4 Å². The zero-order valence-electron chi connectivity index (χ0n) is 19.6. The van der Waals surface area contributed by atoms with Gasteiger partial charge in [0.05, 0.1) is 17.2 Å². The molecular formula is C30H31N2+. The van der Waals surface area contributed by atoms with Gasteiger partial charge in [0.2, 0.25) is 11.2 Å². The predicted molar refractivity (Wildman–Crippen MR) is 133 cm³/mol. The number of para-hydroxylation sites is 1. The molecule has 32 heavy (non-hydrogen) atoms. The third kappa shape index (κ3) is 3.37. The van der Waals surface area contributed by atoms with Crippen LogP contribution in [0.4, 0.5) is 0 Å². The largest absolute Gasteiger partial charge is 0.213 e. The lowest BCUT2D eigenvalue weighted by Crippen LogP contribution is -2.33. The standard InChI is InChI=1S/C30H31N2/c1-20-23-9-5-6-10-24(23)22(19-31)17-26(20)29-18-27(21-13-15-30(2,3)16-14-21)25-11-7-8-12-28(25)32(29)4/h5-12,17-18,21H,13-16H2,1-4H3/q+1. The number of aryl methyl sites for hydroxylation is 2. The predicted octanol–water partition coefficient (Wildman–Crippen LogP) is 7.35. The summed E-state index contributed by atoms with van der Waals surface area (Å²) in [4.78, 5) is 0. The molecule has 0 unspecified atom stereocenters. The van der Waals surface area contributed by atoms with Gasteiger partial charge in [-0.1, -0.05) is 50.2 Å². The second kappa shape index (κ2) is 7.75. The highest BCUT2D eigenvalue weighted by atomic mass is 14.9. The van der Waals surface area contributed by atoms with Crippen LogP contribution in [0.15, 0.2) is 60.7 Å². The van der Waals surface area contributed by atoms with Crippen LogP contribution >= 0.6 is 0 Å². The zero-order valence-corrected chi connectivity index (χ0v) is 19.6. The number of aromatic nitrogens is 1. The highest BCUT2D eigenvalue weighted by molar-refractivity contribution is 5.95. The van der Waals surface area contributed by atoms with Gasteiger partial charge in [0.15, 0.2) is 0 Å². The lowest BCUT2D eigenvalue weighted by Gasteiger charge is -2.34. The third-order valence-corrected chi connectivity index (χ3v) is 7.72. The second-order valence-corrected chi connectivity index (χ2v) is 10.3. The van der Waals surface area contributed by atoms with Crippen LogP contribution in [0.3, 0.4) is 0 Å². The van der Waals surface area contributed by atoms with Crippen LogP contribution < -0.4 is 4.57 Å². The summed E-state index contributed by atoms with van der Waals surface area (Å²) in [5.74, 6) is 0.587. The molecule has 2 heteroatoms. The summed E-state index contributed by atoms with van der Waals surface area (Å²) in [7, 11) is 2.16. The van der Waals surface area contributed by atoms with E-state index in [0.29, 0.717) is 11.3 Å². The minimum absolute atomic E-state index is 0.450. The average Bonchev–Trinajstić information content (AvgIpc) is 2.81. The number of nitrogens with zero attached hydrogens (tertiary/aromatic N) is 2. The van der Waals surface area contributed by atoms with Crippen LogP contribution in [-0.2, 0) is 7.05 Å². The molecule has 160 valence electrons. The van der Waals surface area contributed by atoms with E-state index in [1.807, 2.05) is 6.07 Å². The van der Waals surface area contributed by atoms with Gasteiger partial charge < -0.3 is 0 Å². The zero-order chi connectivity index (χ0) is 22.5. The van der Waals surface area contributed by atoms with E-state index in [4.69, 9.17) is 0 Å². The third-order valence-electron chi connectivity index (χ3n) is 7.72. The molecule has 1 heterocycles. The molecule has 4 aromatic rings. The average molecular weight is 420 g/mol. The molecule has 0 amide bonds. The number of pyridine rings is 1. The molecule has 0 saturated heterocycles. The van der Waals surface area contributed by atoms with Crippen LogP contribution in [0.1, 0.15) is 62.1 Å². The number of rotatable bonds is 2. The molecule has 1 fully saturated rings. The maximum Gasteiger partial charge on any atom is 0.213 e. The summed E-state index contributed by atoms with van der Waals surface area (Å²) < 4.78 is 2.31. The van der Waals surface area contributed by atoms with Gasteiger partial charge in [0.1, 0.15) is 7.05 Å². The lowest BCUT2D eigenvalue weighted by atomic mass is 9.71. The fourth-order valence-electron chi connectivity index (χ4n) is 5.65. The summed E-state index contributed by atoms with van der Waals surface area (Å²) in [6, 6.07) is 24.0. The van der Waals surface area contributed by atoms with Crippen LogP contribution in [0.5, 0.6) is 0 Å². The molecule has 0 atom stereocenters. The van der Waals surface area contributed by atoms with E-state index in [2.05, 4.69) is 93.1 Å². The highest BCUT2D eigenvalue weighted by Crippen LogP contribution is 2.44. The van der Waals surface area contributed by atoms with Crippen molar-refractivity contribution in [2.75, 3.05) is 0 Å². The van der Waals surface area contributed by atoms with Crippen molar-refractivity contribution >= 4 is 21.7 Å². The summed E-state index contributed by atoms with van der Waals surface area (Å²) in [5, 5.41) is 13.5. The molecule has 2 nitrogen and oxygen atoms in total. The van der Waals surface area contributed by atoms with Crippen molar-refractivity contribution in [2.45, 2.75) is 52.4 Å². The summed E-state index contributed by atoms with van der Waals surface area (Å²) in [6.07, 6.45) is 5.03. The Hall–Kier alpha value is -3.18. The molecule has 1 aliphatic carbocycles. The van der Waals surface area contributed by atoms with E-state index in [9.17, 15) is 5.26 Å². The minimum Gasteiger partial charge on any atom is -0.194 e. The Kier molecular flexibility index (Phi) is 5.01. The molecule has 0 N–H and O–H groups in total. The minimum atomic E-state index is 0.450. The molecule has 1 saturated carbocycles. The van der Waals surface area contributed by atoms with Gasteiger partial charge in [-0.3, -0.25) is 0 Å².